The minimum Gasteiger partial charge on any atom is -0.367 e. The van der Waals surface area contributed by atoms with Gasteiger partial charge in [-0.15, -0.1) is 0 Å². The molecule has 0 aromatic carbocycles. The Morgan fingerprint density at radius 3 is 3.00 bits per heavy atom. The van der Waals surface area contributed by atoms with Crippen LogP contribution in [-0.2, 0) is 9.59 Å². The van der Waals surface area contributed by atoms with Crippen molar-refractivity contribution in [3.8, 4) is 0 Å². The lowest BCUT2D eigenvalue weighted by atomic mass is 9.84. The Morgan fingerprint density at radius 2 is 2.26 bits per heavy atom. The Balaban J connectivity index is 1.58. The molecular formula is C17H24N4O2. The maximum Gasteiger partial charge on any atom is 0.239 e. The number of hydrogen-bond donors (Lipinski definition) is 2. The first-order valence-electron chi connectivity index (χ1n) is 8.36. The molecule has 2 N–H and O–H groups in total. The van der Waals surface area contributed by atoms with Gasteiger partial charge in [0.2, 0.25) is 11.8 Å². The van der Waals surface area contributed by atoms with Crippen molar-refractivity contribution in [3.63, 3.8) is 0 Å². The van der Waals surface area contributed by atoms with Crippen molar-refractivity contribution in [1.29, 1.82) is 0 Å². The van der Waals surface area contributed by atoms with Crippen LogP contribution in [-0.4, -0.2) is 47.4 Å². The SMILES string of the molecule is Cc1ccc(N[C@@H]2CCC[C@H](C(=O)N3CCNC(=O)C3)C2)nc1. The Kier molecular flexibility index (Phi) is 4.79. The van der Waals surface area contributed by atoms with Gasteiger partial charge in [-0.05, 0) is 37.8 Å². The van der Waals surface area contributed by atoms with Crippen LogP contribution in [0.15, 0.2) is 18.3 Å². The van der Waals surface area contributed by atoms with E-state index in [2.05, 4.69) is 15.6 Å². The normalized spacial score (nSPS) is 24.9. The highest BCUT2D eigenvalue weighted by Gasteiger charge is 2.32. The molecule has 1 aliphatic heterocycles. The summed E-state index contributed by atoms with van der Waals surface area (Å²) in [7, 11) is 0. The number of pyridine rings is 1. The summed E-state index contributed by atoms with van der Waals surface area (Å²) < 4.78 is 0. The summed E-state index contributed by atoms with van der Waals surface area (Å²) in [5.41, 5.74) is 1.13. The summed E-state index contributed by atoms with van der Waals surface area (Å²) in [4.78, 5) is 30.2. The molecule has 3 rings (SSSR count). The number of carbonyl (C=O) groups is 2. The van der Waals surface area contributed by atoms with Crippen LogP contribution >= 0.6 is 0 Å². The standard InChI is InChI=1S/C17H24N4O2/c1-12-5-6-15(19-10-12)20-14-4-2-3-13(9-14)17(23)21-8-7-18-16(22)11-21/h5-6,10,13-14H,2-4,7-9,11H2,1H3,(H,18,22)(H,19,20)/t13-,14+/m0/s1. The van der Waals surface area contributed by atoms with Gasteiger partial charge in [0.1, 0.15) is 5.82 Å². The summed E-state index contributed by atoms with van der Waals surface area (Å²) in [5, 5.41) is 6.21. The van der Waals surface area contributed by atoms with E-state index >= 15 is 0 Å². The van der Waals surface area contributed by atoms with Crippen molar-refractivity contribution < 1.29 is 9.59 Å². The highest BCUT2D eigenvalue weighted by molar-refractivity contribution is 5.87. The molecule has 6 nitrogen and oxygen atoms in total. The van der Waals surface area contributed by atoms with Crippen LogP contribution < -0.4 is 10.6 Å². The molecule has 0 unspecified atom stereocenters. The number of rotatable bonds is 3. The Bertz CT molecular complexity index is 572. The smallest absolute Gasteiger partial charge is 0.239 e. The predicted molar refractivity (Wildman–Crippen MR) is 87.9 cm³/mol. The van der Waals surface area contributed by atoms with Crippen LogP contribution in [0.2, 0.25) is 0 Å². The van der Waals surface area contributed by atoms with Crippen molar-refractivity contribution in [3.05, 3.63) is 23.9 Å². The second-order valence-electron chi connectivity index (χ2n) is 6.54. The first kappa shape index (κ1) is 15.8. The van der Waals surface area contributed by atoms with Gasteiger partial charge in [-0.3, -0.25) is 9.59 Å². The fourth-order valence-corrected chi connectivity index (χ4v) is 3.39. The molecular weight excluding hydrogens is 292 g/mol. The third-order valence-corrected chi connectivity index (χ3v) is 4.64. The van der Waals surface area contributed by atoms with Gasteiger partial charge in [0, 0.05) is 31.2 Å². The molecule has 23 heavy (non-hydrogen) atoms. The van der Waals surface area contributed by atoms with E-state index in [-0.39, 0.29) is 30.3 Å². The molecule has 1 saturated carbocycles. The zero-order valence-corrected chi connectivity index (χ0v) is 13.5. The van der Waals surface area contributed by atoms with E-state index in [0.29, 0.717) is 13.1 Å². The number of nitrogens with one attached hydrogen (secondary N) is 2. The zero-order valence-electron chi connectivity index (χ0n) is 13.5. The van der Waals surface area contributed by atoms with E-state index in [9.17, 15) is 9.59 Å². The lowest BCUT2D eigenvalue weighted by Gasteiger charge is -2.34. The Hall–Kier alpha value is -2.11. The molecule has 0 spiro atoms. The van der Waals surface area contributed by atoms with Crippen molar-refractivity contribution in [2.24, 2.45) is 5.92 Å². The van der Waals surface area contributed by atoms with Gasteiger partial charge in [-0.2, -0.15) is 0 Å². The molecule has 2 amide bonds. The van der Waals surface area contributed by atoms with E-state index < -0.39 is 0 Å². The molecule has 1 saturated heterocycles. The number of hydrogen-bond acceptors (Lipinski definition) is 4. The fourth-order valence-electron chi connectivity index (χ4n) is 3.39. The van der Waals surface area contributed by atoms with Gasteiger partial charge in [-0.25, -0.2) is 4.98 Å². The molecule has 1 aromatic heterocycles. The molecule has 0 bridgehead atoms. The van der Waals surface area contributed by atoms with Crippen LogP contribution in [0.25, 0.3) is 0 Å². The quantitative estimate of drug-likeness (QED) is 0.882. The fraction of sp³-hybridized carbons (Fsp3) is 0.588. The first-order chi connectivity index (χ1) is 11.1. The Morgan fingerprint density at radius 1 is 1.39 bits per heavy atom. The van der Waals surface area contributed by atoms with Crippen LogP contribution in [0.5, 0.6) is 0 Å². The molecule has 2 atom stereocenters. The third-order valence-electron chi connectivity index (χ3n) is 4.64. The summed E-state index contributed by atoms with van der Waals surface area (Å²) in [5.74, 6) is 0.950. The van der Waals surface area contributed by atoms with Crippen LogP contribution in [0, 0.1) is 12.8 Å². The maximum absolute atomic E-state index is 12.6. The number of aromatic nitrogens is 1. The minimum atomic E-state index is -0.0565. The van der Waals surface area contributed by atoms with Crippen molar-refractivity contribution >= 4 is 17.6 Å². The van der Waals surface area contributed by atoms with Crippen LogP contribution in [0.4, 0.5) is 5.82 Å². The van der Waals surface area contributed by atoms with Gasteiger partial charge < -0.3 is 15.5 Å². The highest BCUT2D eigenvalue weighted by atomic mass is 16.2. The van der Waals surface area contributed by atoms with Crippen molar-refractivity contribution in [1.82, 2.24) is 15.2 Å². The van der Waals surface area contributed by atoms with Crippen LogP contribution in [0.3, 0.4) is 0 Å². The molecule has 1 aromatic rings. The van der Waals surface area contributed by atoms with E-state index in [1.165, 1.54) is 0 Å². The molecule has 124 valence electrons. The number of carbonyl (C=O) groups excluding carboxylic acids is 2. The maximum atomic E-state index is 12.6. The van der Waals surface area contributed by atoms with E-state index in [1.807, 2.05) is 25.3 Å². The topological polar surface area (TPSA) is 74.3 Å². The Labute approximate surface area is 136 Å². The summed E-state index contributed by atoms with van der Waals surface area (Å²) in [6.07, 6.45) is 5.66. The first-order valence-corrected chi connectivity index (χ1v) is 8.36. The monoisotopic (exact) mass is 316 g/mol. The molecule has 2 aliphatic rings. The van der Waals surface area contributed by atoms with Gasteiger partial charge in [0.25, 0.3) is 0 Å². The largest absolute Gasteiger partial charge is 0.367 e. The lowest BCUT2D eigenvalue weighted by molar-refractivity contribution is -0.142. The summed E-state index contributed by atoms with van der Waals surface area (Å²) in [6.45, 7) is 3.40. The molecule has 6 heteroatoms. The second-order valence-corrected chi connectivity index (χ2v) is 6.54. The average molecular weight is 316 g/mol. The van der Waals surface area contributed by atoms with Gasteiger partial charge in [0.15, 0.2) is 0 Å². The highest BCUT2D eigenvalue weighted by Crippen LogP contribution is 2.28. The van der Waals surface area contributed by atoms with Gasteiger partial charge in [-0.1, -0.05) is 12.5 Å². The number of anilines is 1. The van der Waals surface area contributed by atoms with E-state index in [1.54, 1.807) is 4.90 Å². The zero-order chi connectivity index (χ0) is 16.2. The average Bonchev–Trinajstić information content (AvgIpc) is 2.56. The number of aryl methyl sites for hydroxylation is 1. The van der Waals surface area contributed by atoms with Crippen molar-refractivity contribution in [2.45, 2.75) is 38.6 Å². The summed E-state index contributed by atoms with van der Waals surface area (Å²) >= 11 is 0. The number of amides is 2. The van der Waals surface area contributed by atoms with Crippen LogP contribution in [0.1, 0.15) is 31.2 Å². The van der Waals surface area contributed by atoms with E-state index in [4.69, 9.17) is 0 Å². The molecule has 1 aliphatic carbocycles. The third kappa shape index (κ3) is 4.00. The molecule has 2 heterocycles. The number of piperazine rings is 1. The van der Waals surface area contributed by atoms with E-state index in [0.717, 1.165) is 37.1 Å². The molecule has 2 fully saturated rings. The van der Waals surface area contributed by atoms with Crippen molar-refractivity contribution in [2.75, 3.05) is 25.0 Å². The lowest BCUT2D eigenvalue weighted by Crippen LogP contribution is -2.52. The van der Waals surface area contributed by atoms with Gasteiger partial charge >= 0.3 is 0 Å². The number of nitrogens with zero attached hydrogens (tertiary/aromatic N) is 2. The predicted octanol–water partition coefficient (Wildman–Crippen LogP) is 1.32. The molecule has 0 radical (unpaired) electrons. The summed E-state index contributed by atoms with van der Waals surface area (Å²) in [6, 6.07) is 4.29. The second kappa shape index (κ2) is 6.98. The minimum absolute atomic E-state index is 0.0117. The van der Waals surface area contributed by atoms with Gasteiger partial charge in [0.05, 0.1) is 6.54 Å².